The van der Waals surface area contributed by atoms with Crippen molar-refractivity contribution in [1.29, 1.82) is 0 Å². The lowest BCUT2D eigenvalue weighted by atomic mass is 9.51. The van der Waals surface area contributed by atoms with Crippen LogP contribution in [0.1, 0.15) is 102 Å². The van der Waals surface area contributed by atoms with Gasteiger partial charge >= 0.3 is 0 Å². The number of fused-ring (bicyclic) bond motifs is 2. The predicted octanol–water partition coefficient (Wildman–Crippen LogP) is 6.03. The molecular formula is C46H68N2O6. The fraction of sp³-hybridized carbons (Fsp3) is 0.630. The molecule has 0 saturated heterocycles. The minimum absolute atomic E-state index is 0.00885. The average molecular weight is 745 g/mol. The maximum Gasteiger partial charge on any atom is 0.145 e. The van der Waals surface area contributed by atoms with Crippen molar-refractivity contribution in [3.8, 4) is 0 Å². The highest BCUT2D eigenvalue weighted by atomic mass is 16.3. The zero-order chi connectivity index (χ0) is 38.9. The van der Waals surface area contributed by atoms with Crippen LogP contribution in [0.3, 0.4) is 0 Å². The lowest BCUT2D eigenvalue weighted by Crippen LogP contribution is -2.61. The van der Waals surface area contributed by atoms with Gasteiger partial charge in [-0.1, -0.05) is 79.1 Å². The van der Waals surface area contributed by atoms with E-state index in [0.29, 0.717) is 68.6 Å². The topological polar surface area (TPSA) is 142 Å². The number of carbonyl (C=O) groups is 1. The summed E-state index contributed by atoms with van der Waals surface area (Å²) >= 11 is 0. The average Bonchev–Trinajstić information content (AvgIpc) is 3.83. The largest absolute Gasteiger partial charge is 0.396 e. The summed E-state index contributed by atoms with van der Waals surface area (Å²) in [6, 6.07) is 9.08. The highest BCUT2D eigenvalue weighted by molar-refractivity contribution is 5.74. The third-order valence-corrected chi connectivity index (χ3v) is 13.8. The van der Waals surface area contributed by atoms with E-state index >= 15 is 0 Å². The summed E-state index contributed by atoms with van der Waals surface area (Å²) in [6.07, 6.45) is 18.2. The van der Waals surface area contributed by atoms with Gasteiger partial charge in [0.1, 0.15) is 12.5 Å². The van der Waals surface area contributed by atoms with Gasteiger partial charge < -0.3 is 30.8 Å². The second-order valence-electron chi connectivity index (χ2n) is 16.9. The van der Waals surface area contributed by atoms with Gasteiger partial charge in [0.15, 0.2) is 0 Å². The predicted molar refractivity (Wildman–Crippen MR) is 217 cm³/mol. The Kier molecular flexibility index (Phi) is 15.3. The highest BCUT2D eigenvalue weighted by Gasteiger charge is 2.65. The van der Waals surface area contributed by atoms with Crippen molar-refractivity contribution in [3.63, 3.8) is 0 Å². The monoisotopic (exact) mass is 745 g/mol. The van der Waals surface area contributed by atoms with Crippen LogP contribution in [0.5, 0.6) is 0 Å². The number of rotatable bonds is 13. The van der Waals surface area contributed by atoms with Gasteiger partial charge in [-0.2, -0.15) is 0 Å². The first-order valence-corrected chi connectivity index (χ1v) is 20.7. The second-order valence-corrected chi connectivity index (χ2v) is 16.9. The number of carbonyl (C=O) groups excluding carboxylic acids is 1. The molecule has 1 aliphatic heterocycles. The second kappa shape index (κ2) is 19.4. The summed E-state index contributed by atoms with van der Waals surface area (Å²) in [6.45, 7) is 8.65. The van der Waals surface area contributed by atoms with Crippen LogP contribution in [0.15, 0.2) is 83.0 Å². The molecule has 298 valence electrons. The first kappa shape index (κ1) is 42.5. The molecule has 3 aliphatic carbocycles. The number of aliphatic hydroxyl groups excluding tert-OH is 4. The van der Waals surface area contributed by atoms with E-state index in [1.807, 2.05) is 39.1 Å². The molecule has 8 atom stereocenters. The Morgan fingerprint density at radius 1 is 1.09 bits per heavy atom. The van der Waals surface area contributed by atoms with Gasteiger partial charge in [0.25, 0.3) is 0 Å². The molecule has 0 radical (unpaired) electrons. The van der Waals surface area contributed by atoms with E-state index in [0.717, 1.165) is 42.3 Å². The van der Waals surface area contributed by atoms with Gasteiger partial charge in [0, 0.05) is 24.0 Å². The molecular weight excluding hydrogens is 677 g/mol. The van der Waals surface area contributed by atoms with Gasteiger partial charge in [-0.05, 0) is 150 Å². The summed E-state index contributed by atoms with van der Waals surface area (Å²) in [5.41, 5.74) is 4.64. The summed E-state index contributed by atoms with van der Waals surface area (Å²) in [7, 11) is 1.86. The van der Waals surface area contributed by atoms with Crippen LogP contribution in [0.2, 0.25) is 0 Å². The van der Waals surface area contributed by atoms with Crippen LogP contribution >= 0.6 is 0 Å². The number of aldehydes is 1. The van der Waals surface area contributed by atoms with Gasteiger partial charge in [0.05, 0.1) is 18.3 Å². The van der Waals surface area contributed by atoms with Gasteiger partial charge in [-0.25, -0.2) is 0 Å². The molecule has 54 heavy (non-hydrogen) atoms. The van der Waals surface area contributed by atoms with Crippen LogP contribution in [0.25, 0.3) is 0 Å². The Labute approximate surface area is 324 Å². The van der Waals surface area contributed by atoms with Crippen molar-refractivity contribution in [3.05, 3.63) is 94.1 Å². The lowest BCUT2D eigenvalue weighted by Gasteiger charge is -2.57. The van der Waals surface area contributed by atoms with Crippen molar-refractivity contribution >= 4 is 6.29 Å². The minimum atomic E-state index is -1.18. The number of allylic oxidation sites excluding steroid dienone is 7. The first-order chi connectivity index (χ1) is 26.0. The number of aliphatic hydroxyl groups is 5. The Morgan fingerprint density at radius 3 is 2.52 bits per heavy atom. The fourth-order valence-electron chi connectivity index (χ4n) is 10.7. The van der Waals surface area contributed by atoms with Crippen molar-refractivity contribution in [2.75, 3.05) is 26.8 Å². The van der Waals surface area contributed by atoms with E-state index in [1.165, 1.54) is 36.8 Å². The van der Waals surface area contributed by atoms with Crippen molar-refractivity contribution < 1.29 is 30.3 Å². The van der Waals surface area contributed by atoms with E-state index in [2.05, 4.69) is 47.6 Å². The van der Waals surface area contributed by atoms with Gasteiger partial charge in [-0.3, -0.25) is 10.1 Å². The van der Waals surface area contributed by atoms with Crippen molar-refractivity contribution in [2.24, 2.45) is 29.1 Å². The zero-order valence-corrected chi connectivity index (χ0v) is 33.1. The normalized spacial score (nSPS) is 33.8. The molecule has 7 N–H and O–H groups in total. The molecule has 5 rings (SSSR count). The van der Waals surface area contributed by atoms with E-state index < -0.39 is 23.3 Å². The molecule has 0 aromatic heterocycles. The molecule has 1 heterocycles. The molecule has 8 nitrogen and oxygen atoms in total. The molecule has 1 aromatic carbocycles. The van der Waals surface area contributed by atoms with Crippen molar-refractivity contribution in [1.82, 2.24) is 10.6 Å². The summed E-state index contributed by atoms with van der Waals surface area (Å²) in [5.74, 6) is 0.0284. The molecule has 0 amide bonds. The highest BCUT2D eigenvalue weighted by Crippen LogP contribution is 2.64. The van der Waals surface area contributed by atoms with Crippen LogP contribution in [0, 0.1) is 29.1 Å². The molecule has 0 unspecified atom stereocenters. The smallest absolute Gasteiger partial charge is 0.145 e. The van der Waals surface area contributed by atoms with Gasteiger partial charge in [0.2, 0.25) is 0 Å². The van der Waals surface area contributed by atoms with Crippen LogP contribution in [-0.4, -0.2) is 82.6 Å². The quantitative estimate of drug-likeness (QED) is 0.0562. The Morgan fingerprint density at radius 2 is 1.83 bits per heavy atom. The molecule has 3 saturated carbocycles. The summed E-state index contributed by atoms with van der Waals surface area (Å²) < 4.78 is 0. The van der Waals surface area contributed by atoms with Crippen LogP contribution in [0.4, 0.5) is 0 Å². The first-order valence-electron chi connectivity index (χ1n) is 20.7. The van der Waals surface area contributed by atoms with Crippen molar-refractivity contribution in [2.45, 2.75) is 128 Å². The molecule has 8 heteroatoms. The van der Waals surface area contributed by atoms with E-state index in [9.17, 15) is 30.3 Å². The maximum absolute atomic E-state index is 12.5. The van der Waals surface area contributed by atoms with E-state index in [4.69, 9.17) is 0 Å². The van der Waals surface area contributed by atoms with E-state index in [-0.39, 0.29) is 37.0 Å². The molecule has 3 fully saturated rings. The number of benzene rings is 1. The number of nitrogens with one attached hydrogen (secondary N) is 2. The molecule has 1 spiro atoms. The van der Waals surface area contributed by atoms with Crippen LogP contribution in [-0.2, 0) is 17.6 Å². The molecule has 4 aliphatic rings. The zero-order valence-electron chi connectivity index (χ0n) is 33.1. The molecule has 1 aromatic rings. The number of hydrogen-bond acceptors (Lipinski definition) is 8. The Hall–Kier alpha value is -2.69. The third-order valence-electron chi connectivity index (χ3n) is 13.8. The SMILES string of the molecule is C=C(C=CC=C(CO)[C@H]1CC[C@]2([C@@H]1O)[C@@H](CCCO)C(=C(C)C=O)CC[C@]2(O)CCNC)[C@H]1CC=C(C)[C@@H](O)N[C@@H](C2CCCC2)Cc2cccc(c2)C1. The molecule has 2 bridgehead atoms. The fourth-order valence-corrected chi connectivity index (χ4v) is 10.7. The maximum atomic E-state index is 12.5. The van der Waals surface area contributed by atoms with E-state index in [1.54, 1.807) is 0 Å². The van der Waals surface area contributed by atoms with Gasteiger partial charge in [-0.15, -0.1) is 0 Å². The minimum Gasteiger partial charge on any atom is -0.396 e. The standard InChI is InChI=1S/C46H68N2O6/c1-31(37-18-17-32(2)44(53)48-42(36-13-5-6-14-36)28-35-12-8-11-34(26-35)27-37)10-7-15-38(30-51)40-20-22-46(43(40)52)41(16-9-25-49)39(33(3)29-50)19-21-45(46,54)23-24-47-4/h7-8,10-12,15,17,26,29,36-37,40-44,47-49,51-54H,1,5-6,9,13-14,16,18-25,27-28,30H2,2-4H3/t37-,40+,41-,42+,43+,44+,45-,46+/m0/s1. The lowest BCUT2D eigenvalue weighted by molar-refractivity contribution is -0.180. The number of hydrogen-bond donors (Lipinski definition) is 7. The Bertz CT molecular complexity index is 1560. The van der Waals surface area contributed by atoms with Crippen LogP contribution < -0.4 is 10.6 Å². The third kappa shape index (κ3) is 9.29. The summed E-state index contributed by atoms with van der Waals surface area (Å²) in [5, 5.41) is 63.4. The summed E-state index contributed by atoms with van der Waals surface area (Å²) in [4.78, 5) is 12.1. The Balaban J connectivity index is 1.39.